The van der Waals surface area contributed by atoms with E-state index in [0.29, 0.717) is 16.3 Å². The summed E-state index contributed by atoms with van der Waals surface area (Å²) in [5, 5.41) is 0.383. The van der Waals surface area contributed by atoms with Crippen molar-refractivity contribution >= 4 is 17.4 Å². The van der Waals surface area contributed by atoms with E-state index in [0.717, 1.165) is 24.8 Å². The Kier molecular flexibility index (Phi) is 4.74. The van der Waals surface area contributed by atoms with E-state index in [-0.39, 0.29) is 0 Å². The average molecular weight is 298 g/mol. The number of hydrogen-bond acceptors (Lipinski definition) is 4. The second-order valence-corrected chi connectivity index (χ2v) is 6.86. The molecule has 0 aliphatic carbocycles. The van der Waals surface area contributed by atoms with Crippen LogP contribution in [0.4, 0.5) is 5.82 Å². The largest absolute Gasteiger partial charge is 0.490 e. The number of rotatable bonds is 2. The molecule has 2 heterocycles. The number of ether oxygens (including phenoxy) is 1. The lowest BCUT2D eigenvalue weighted by molar-refractivity contribution is 0.220. The summed E-state index contributed by atoms with van der Waals surface area (Å²) in [6, 6.07) is 0. The van der Waals surface area contributed by atoms with Crippen molar-refractivity contribution in [1.82, 2.24) is 9.97 Å². The van der Waals surface area contributed by atoms with Gasteiger partial charge in [0.1, 0.15) is 6.33 Å². The summed E-state index contributed by atoms with van der Waals surface area (Å²) in [5.41, 5.74) is 0.364. The molecule has 0 bridgehead atoms. The Bertz CT molecular complexity index is 459. The number of halogens is 1. The number of hydrogen-bond donors (Lipinski definition) is 0. The predicted molar refractivity (Wildman–Crippen MR) is 82.6 cm³/mol. The fourth-order valence-corrected chi connectivity index (χ4v) is 3.12. The van der Waals surface area contributed by atoms with Crippen LogP contribution in [-0.2, 0) is 0 Å². The molecule has 5 heteroatoms. The van der Waals surface area contributed by atoms with Crippen molar-refractivity contribution in [2.75, 3.05) is 25.1 Å². The second-order valence-electron chi connectivity index (χ2n) is 6.50. The van der Waals surface area contributed by atoms with Crippen LogP contribution in [0.2, 0.25) is 5.15 Å². The molecule has 0 spiro atoms. The normalized spacial score (nSPS) is 20.6. The van der Waals surface area contributed by atoms with Crippen molar-refractivity contribution in [1.29, 1.82) is 0 Å². The lowest BCUT2D eigenvalue weighted by Gasteiger charge is -2.30. The Morgan fingerprint density at radius 3 is 2.65 bits per heavy atom. The Balaban J connectivity index is 2.17. The van der Waals surface area contributed by atoms with Gasteiger partial charge in [-0.25, -0.2) is 9.97 Å². The molecular weight excluding hydrogens is 274 g/mol. The van der Waals surface area contributed by atoms with E-state index in [1.807, 2.05) is 0 Å². The highest BCUT2D eigenvalue weighted by molar-refractivity contribution is 6.31. The van der Waals surface area contributed by atoms with Gasteiger partial charge in [0.25, 0.3) is 0 Å². The summed E-state index contributed by atoms with van der Waals surface area (Å²) in [5.74, 6) is 2.15. The van der Waals surface area contributed by atoms with Gasteiger partial charge in [0.15, 0.2) is 16.7 Å². The molecule has 112 valence electrons. The maximum Gasteiger partial charge on any atom is 0.199 e. The van der Waals surface area contributed by atoms with E-state index in [1.54, 1.807) is 7.11 Å². The minimum absolute atomic E-state index is 0.364. The first-order chi connectivity index (χ1) is 9.43. The standard InChI is InChI=1S/C15H24ClN3O/c1-15(2,3)11-6-5-8-19(9-7-11)14-12(20-4)13(16)17-10-18-14/h10-11H,5-9H2,1-4H3. The Labute approximate surface area is 126 Å². The first-order valence-corrected chi connectivity index (χ1v) is 7.60. The maximum atomic E-state index is 6.09. The van der Waals surface area contributed by atoms with Gasteiger partial charge in [-0.3, -0.25) is 0 Å². The summed E-state index contributed by atoms with van der Waals surface area (Å²) in [6.07, 6.45) is 5.12. The van der Waals surface area contributed by atoms with Gasteiger partial charge in [-0.1, -0.05) is 32.4 Å². The first kappa shape index (κ1) is 15.4. The predicted octanol–water partition coefficient (Wildman–Crippen LogP) is 3.79. The van der Waals surface area contributed by atoms with Crippen molar-refractivity contribution in [2.24, 2.45) is 11.3 Å². The monoisotopic (exact) mass is 297 g/mol. The first-order valence-electron chi connectivity index (χ1n) is 7.23. The number of methoxy groups -OCH3 is 1. The summed E-state index contributed by atoms with van der Waals surface area (Å²) in [4.78, 5) is 10.6. The van der Waals surface area contributed by atoms with Crippen LogP contribution in [0.1, 0.15) is 40.0 Å². The Hall–Kier alpha value is -1.03. The molecule has 0 saturated carbocycles. The number of nitrogens with zero attached hydrogens (tertiary/aromatic N) is 3. The second kappa shape index (κ2) is 6.17. The molecule has 0 radical (unpaired) electrons. The maximum absolute atomic E-state index is 6.09. The third-order valence-electron chi connectivity index (χ3n) is 4.20. The van der Waals surface area contributed by atoms with E-state index < -0.39 is 0 Å². The molecule has 0 N–H and O–H groups in total. The molecule has 1 aliphatic rings. The van der Waals surface area contributed by atoms with Crippen LogP contribution in [0.5, 0.6) is 5.75 Å². The van der Waals surface area contributed by atoms with E-state index in [9.17, 15) is 0 Å². The highest BCUT2D eigenvalue weighted by Gasteiger charge is 2.28. The minimum atomic E-state index is 0.364. The van der Waals surface area contributed by atoms with Gasteiger partial charge in [-0.05, 0) is 30.6 Å². The molecule has 2 rings (SSSR count). The molecule has 1 unspecified atom stereocenters. The molecule has 0 amide bonds. The Morgan fingerprint density at radius 2 is 2.00 bits per heavy atom. The highest BCUT2D eigenvalue weighted by Crippen LogP contribution is 2.37. The van der Waals surface area contributed by atoms with Gasteiger partial charge in [-0.2, -0.15) is 0 Å². The summed E-state index contributed by atoms with van der Waals surface area (Å²) < 4.78 is 5.37. The number of aromatic nitrogens is 2. The van der Waals surface area contributed by atoms with Crippen molar-refractivity contribution in [3.8, 4) is 5.75 Å². The average Bonchev–Trinajstić information content (AvgIpc) is 2.63. The van der Waals surface area contributed by atoms with Crippen molar-refractivity contribution < 1.29 is 4.74 Å². The summed E-state index contributed by atoms with van der Waals surface area (Å²) >= 11 is 6.09. The van der Waals surface area contributed by atoms with E-state index in [1.165, 1.54) is 25.6 Å². The van der Waals surface area contributed by atoms with Crippen LogP contribution in [0.15, 0.2) is 6.33 Å². The third kappa shape index (κ3) is 3.35. The molecule has 1 saturated heterocycles. The third-order valence-corrected chi connectivity index (χ3v) is 4.47. The molecule has 1 aliphatic heterocycles. The van der Waals surface area contributed by atoms with Crippen molar-refractivity contribution in [3.05, 3.63) is 11.5 Å². The zero-order valence-corrected chi connectivity index (χ0v) is 13.6. The van der Waals surface area contributed by atoms with Gasteiger partial charge in [0, 0.05) is 13.1 Å². The van der Waals surface area contributed by atoms with E-state index in [4.69, 9.17) is 16.3 Å². The van der Waals surface area contributed by atoms with E-state index in [2.05, 4.69) is 35.6 Å². The van der Waals surface area contributed by atoms with Gasteiger partial charge in [-0.15, -0.1) is 0 Å². The van der Waals surface area contributed by atoms with Crippen LogP contribution in [0, 0.1) is 11.3 Å². The van der Waals surface area contributed by atoms with Gasteiger partial charge < -0.3 is 9.64 Å². The molecule has 4 nitrogen and oxygen atoms in total. The SMILES string of the molecule is COc1c(Cl)ncnc1N1CCCC(C(C)(C)C)CC1. The van der Waals surface area contributed by atoms with Crippen molar-refractivity contribution in [3.63, 3.8) is 0 Å². The Morgan fingerprint density at radius 1 is 1.25 bits per heavy atom. The molecule has 0 aromatic carbocycles. The van der Waals surface area contributed by atoms with Gasteiger partial charge >= 0.3 is 0 Å². The zero-order chi connectivity index (χ0) is 14.8. The lowest BCUT2D eigenvalue weighted by atomic mass is 9.77. The molecule has 1 fully saturated rings. The van der Waals surface area contributed by atoms with Crippen LogP contribution in [0.25, 0.3) is 0 Å². The van der Waals surface area contributed by atoms with Crippen LogP contribution >= 0.6 is 11.6 Å². The van der Waals surface area contributed by atoms with Crippen LogP contribution in [0.3, 0.4) is 0 Å². The van der Waals surface area contributed by atoms with Crippen molar-refractivity contribution in [2.45, 2.75) is 40.0 Å². The summed E-state index contributed by atoms with van der Waals surface area (Å²) in [7, 11) is 1.61. The van der Waals surface area contributed by atoms with Crippen LogP contribution in [-0.4, -0.2) is 30.2 Å². The smallest absolute Gasteiger partial charge is 0.199 e. The topological polar surface area (TPSA) is 38.3 Å². The minimum Gasteiger partial charge on any atom is -0.490 e. The number of anilines is 1. The van der Waals surface area contributed by atoms with Gasteiger partial charge in [0.2, 0.25) is 0 Å². The summed E-state index contributed by atoms with van der Waals surface area (Å²) in [6.45, 7) is 8.97. The van der Waals surface area contributed by atoms with Crippen LogP contribution < -0.4 is 9.64 Å². The molecule has 1 aromatic rings. The lowest BCUT2D eigenvalue weighted by Crippen LogP contribution is -2.27. The van der Waals surface area contributed by atoms with Gasteiger partial charge in [0.05, 0.1) is 7.11 Å². The molecule has 20 heavy (non-hydrogen) atoms. The quantitative estimate of drug-likeness (QED) is 0.779. The molecule has 1 atom stereocenters. The molecular formula is C15H24ClN3O. The fourth-order valence-electron chi connectivity index (χ4n) is 2.92. The van der Waals surface area contributed by atoms with E-state index >= 15 is 0 Å². The molecule has 1 aromatic heterocycles. The zero-order valence-electron chi connectivity index (χ0n) is 12.8. The fraction of sp³-hybridized carbons (Fsp3) is 0.733. The highest BCUT2D eigenvalue weighted by atomic mass is 35.5.